The summed E-state index contributed by atoms with van der Waals surface area (Å²) < 4.78 is 2.66. The molecule has 0 unspecified atom stereocenters. The highest BCUT2D eigenvalue weighted by atomic mass is 79.9. The van der Waals surface area contributed by atoms with Crippen LogP contribution in [0.25, 0.3) is 0 Å². The second-order valence-corrected chi connectivity index (χ2v) is 5.13. The van der Waals surface area contributed by atoms with Crippen LogP contribution in [-0.4, -0.2) is 24.7 Å². The number of hydrogen-bond donors (Lipinski definition) is 0. The number of rotatable bonds is 2. The smallest absolute Gasteiger partial charge is 0.223 e. The molecule has 2 aromatic rings. The zero-order valence-electron chi connectivity index (χ0n) is 8.48. The largest absolute Gasteiger partial charge is 0.309 e. The lowest BCUT2D eigenvalue weighted by Gasteiger charge is -2.02. The van der Waals surface area contributed by atoms with E-state index in [1.165, 1.54) is 11.8 Å². The van der Waals surface area contributed by atoms with Crippen LogP contribution < -0.4 is 0 Å². The molecule has 2 rings (SSSR count). The molecule has 5 nitrogen and oxygen atoms in total. The van der Waals surface area contributed by atoms with Crippen molar-refractivity contribution >= 4 is 39.3 Å². The van der Waals surface area contributed by atoms with Crippen molar-refractivity contribution in [1.29, 1.82) is 0 Å². The molecule has 0 fully saturated rings. The van der Waals surface area contributed by atoms with Gasteiger partial charge in [-0.05, 0) is 46.2 Å². The third-order valence-corrected chi connectivity index (χ3v) is 3.99. The third-order valence-electron chi connectivity index (χ3n) is 1.92. The molecule has 0 N–H and O–H groups in total. The van der Waals surface area contributed by atoms with Gasteiger partial charge in [0.2, 0.25) is 5.28 Å². The van der Waals surface area contributed by atoms with Crippen molar-refractivity contribution in [2.24, 2.45) is 7.05 Å². The van der Waals surface area contributed by atoms with E-state index in [2.05, 4.69) is 36.1 Å². The highest BCUT2D eigenvalue weighted by Gasteiger charge is 2.11. The number of nitrogens with zero attached hydrogens (tertiary/aromatic N) is 5. The molecular formula is C8H7BrClN5S. The topological polar surface area (TPSA) is 56.5 Å². The molecule has 84 valence electrons. The van der Waals surface area contributed by atoms with Gasteiger partial charge in [0.25, 0.3) is 0 Å². The third kappa shape index (κ3) is 2.36. The maximum Gasteiger partial charge on any atom is 0.223 e. The molecule has 16 heavy (non-hydrogen) atoms. The highest BCUT2D eigenvalue weighted by Crippen LogP contribution is 2.30. The van der Waals surface area contributed by atoms with Crippen molar-refractivity contribution in [3.05, 3.63) is 21.8 Å². The lowest BCUT2D eigenvalue weighted by Crippen LogP contribution is -1.94. The van der Waals surface area contributed by atoms with Gasteiger partial charge in [-0.2, -0.15) is 0 Å². The van der Waals surface area contributed by atoms with Crippen LogP contribution in [0.4, 0.5) is 0 Å². The Labute approximate surface area is 110 Å². The fraction of sp³-hybridized carbons (Fsp3) is 0.250. The van der Waals surface area contributed by atoms with Crippen molar-refractivity contribution in [3.8, 4) is 0 Å². The Morgan fingerprint density at radius 2 is 2.19 bits per heavy atom. The lowest BCUT2D eigenvalue weighted by atomic mass is 10.7. The number of halogens is 2. The van der Waals surface area contributed by atoms with E-state index in [1.807, 2.05) is 18.5 Å². The van der Waals surface area contributed by atoms with Crippen molar-refractivity contribution in [2.45, 2.75) is 17.1 Å². The van der Waals surface area contributed by atoms with Gasteiger partial charge in [0.05, 0.1) is 4.47 Å². The molecule has 0 amide bonds. The van der Waals surface area contributed by atoms with Gasteiger partial charge >= 0.3 is 0 Å². The predicted molar refractivity (Wildman–Crippen MR) is 64.6 cm³/mol. The van der Waals surface area contributed by atoms with Crippen molar-refractivity contribution < 1.29 is 0 Å². The molecule has 0 aliphatic heterocycles. The first-order valence-corrected chi connectivity index (χ1v) is 6.28. The Kier molecular flexibility index (Phi) is 3.46. The molecule has 0 saturated heterocycles. The van der Waals surface area contributed by atoms with Gasteiger partial charge in [0, 0.05) is 13.2 Å². The lowest BCUT2D eigenvalue weighted by molar-refractivity contribution is 0.764. The van der Waals surface area contributed by atoms with Gasteiger partial charge < -0.3 is 4.57 Å². The quantitative estimate of drug-likeness (QED) is 0.628. The van der Waals surface area contributed by atoms with E-state index in [9.17, 15) is 0 Å². The number of aryl methyl sites for hydroxylation is 1. The van der Waals surface area contributed by atoms with E-state index in [-0.39, 0.29) is 5.28 Å². The van der Waals surface area contributed by atoms with Crippen LogP contribution in [-0.2, 0) is 7.05 Å². The zero-order valence-corrected chi connectivity index (χ0v) is 11.6. The Hall–Kier alpha value is -0.660. The summed E-state index contributed by atoms with van der Waals surface area (Å²) in [5.74, 6) is 0.846. The van der Waals surface area contributed by atoms with E-state index >= 15 is 0 Å². The minimum absolute atomic E-state index is 0.213. The monoisotopic (exact) mass is 319 g/mol. The van der Waals surface area contributed by atoms with Gasteiger partial charge in [-0.15, -0.1) is 10.2 Å². The summed E-state index contributed by atoms with van der Waals surface area (Å²) >= 11 is 10.5. The summed E-state index contributed by atoms with van der Waals surface area (Å²) in [5, 5.41) is 9.69. The summed E-state index contributed by atoms with van der Waals surface area (Å²) in [7, 11) is 1.90. The average Bonchev–Trinajstić information content (AvgIpc) is 2.55. The van der Waals surface area contributed by atoms with Crippen LogP contribution in [0.1, 0.15) is 5.82 Å². The van der Waals surface area contributed by atoms with Crippen LogP contribution >= 0.6 is 39.3 Å². The first-order chi connectivity index (χ1) is 7.58. The molecule has 0 aromatic carbocycles. The molecule has 2 heterocycles. The fourth-order valence-corrected chi connectivity index (χ4v) is 2.39. The summed E-state index contributed by atoms with van der Waals surface area (Å²) in [5.41, 5.74) is 0. The maximum atomic E-state index is 5.73. The Balaban J connectivity index is 2.33. The van der Waals surface area contributed by atoms with Crippen molar-refractivity contribution in [3.63, 3.8) is 0 Å². The van der Waals surface area contributed by atoms with E-state index < -0.39 is 0 Å². The molecule has 8 heteroatoms. The summed E-state index contributed by atoms with van der Waals surface area (Å²) in [4.78, 5) is 7.97. The Morgan fingerprint density at radius 3 is 2.81 bits per heavy atom. The van der Waals surface area contributed by atoms with E-state index in [4.69, 9.17) is 11.6 Å². The van der Waals surface area contributed by atoms with E-state index in [0.29, 0.717) is 0 Å². The second-order valence-electron chi connectivity index (χ2n) is 2.98. The summed E-state index contributed by atoms with van der Waals surface area (Å²) in [6, 6.07) is 0. The maximum absolute atomic E-state index is 5.73. The van der Waals surface area contributed by atoms with Gasteiger partial charge in [0.1, 0.15) is 10.9 Å². The van der Waals surface area contributed by atoms with Crippen LogP contribution in [0.5, 0.6) is 0 Å². The highest BCUT2D eigenvalue weighted by molar-refractivity contribution is 9.10. The number of hydrogen-bond acceptors (Lipinski definition) is 5. The molecular weight excluding hydrogens is 314 g/mol. The second kappa shape index (κ2) is 4.68. The summed E-state index contributed by atoms with van der Waals surface area (Å²) in [6.07, 6.45) is 1.61. The minimum atomic E-state index is 0.213. The standard InChI is InChI=1S/C8H7BrClN5S/c1-4-13-14-8(15(4)2)16-6-5(9)3-11-7(10)12-6/h3H,1-2H3. The van der Waals surface area contributed by atoms with Crippen LogP contribution in [0.3, 0.4) is 0 Å². The Bertz CT molecular complexity index is 529. The minimum Gasteiger partial charge on any atom is -0.309 e. The van der Waals surface area contributed by atoms with E-state index in [1.54, 1.807) is 6.20 Å². The van der Waals surface area contributed by atoms with Crippen molar-refractivity contribution in [1.82, 2.24) is 24.7 Å². The SMILES string of the molecule is Cc1nnc(Sc2nc(Cl)ncc2Br)n1C. The molecule has 0 saturated carbocycles. The zero-order chi connectivity index (χ0) is 11.7. The molecule has 0 atom stereocenters. The van der Waals surface area contributed by atoms with Crippen LogP contribution in [0.15, 0.2) is 20.9 Å². The molecule has 0 aliphatic rings. The van der Waals surface area contributed by atoms with Gasteiger partial charge in [-0.3, -0.25) is 0 Å². The van der Waals surface area contributed by atoms with Gasteiger partial charge in [-0.1, -0.05) is 0 Å². The number of aromatic nitrogens is 5. The normalized spacial score (nSPS) is 10.8. The van der Waals surface area contributed by atoms with Crippen LogP contribution in [0, 0.1) is 6.92 Å². The van der Waals surface area contributed by atoms with Crippen LogP contribution in [0.2, 0.25) is 5.28 Å². The molecule has 0 radical (unpaired) electrons. The fourth-order valence-electron chi connectivity index (χ4n) is 0.966. The summed E-state index contributed by atoms with van der Waals surface area (Å²) in [6.45, 7) is 1.89. The predicted octanol–water partition coefficient (Wildman–Crippen LogP) is 2.48. The van der Waals surface area contributed by atoms with Crippen molar-refractivity contribution in [2.75, 3.05) is 0 Å². The first-order valence-electron chi connectivity index (χ1n) is 4.30. The molecule has 0 bridgehead atoms. The molecule has 0 spiro atoms. The molecule has 0 aliphatic carbocycles. The first kappa shape index (κ1) is 11.8. The molecule has 2 aromatic heterocycles. The van der Waals surface area contributed by atoms with Gasteiger partial charge in [0.15, 0.2) is 5.16 Å². The average molecular weight is 321 g/mol. The van der Waals surface area contributed by atoms with Gasteiger partial charge in [-0.25, -0.2) is 9.97 Å². The Morgan fingerprint density at radius 1 is 1.44 bits per heavy atom. The van der Waals surface area contributed by atoms with E-state index in [0.717, 1.165) is 20.5 Å².